The zero-order valence-corrected chi connectivity index (χ0v) is 34.0. The van der Waals surface area contributed by atoms with Crippen LogP contribution >= 0.6 is 0 Å². The van der Waals surface area contributed by atoms with Gasteiger partial charge in [-0.15, -0.1) is 0 Å². The first-order valence-corrected chi connectivity index (χ1v) is 17.9. The molecule has 6 N–H and O–H groups in total. The van der Waals surface area contributed by atoms with Crippen LogP contribution in [0.15, 0.2) is 0 Å². The monoisotopic (exact) mass is 796 g/mol. The van der Waals surface area contributed by atoms with Crippen molar-refractivity contribution in [1.29, 1.82) is 0 Å². The van der Waals surface area contributed by atoms with Crippen LogP contribution in [0.4, 0.5) is 0 Å². The minimum Gasteiger partial charge on any atom is -0.667 e. The van der Waals surface area contributed by atoms with Crippen LogP contribution in [-0.2, 0) is 66.3 Å². The summed E-state index contributed by atoms with van der Waals surface area (Å²) in [5.74, 6) is -2.13. The second-order valence-corrected chi connectivity index (χ2v) is 13.0. The Hall–Kier alpha value is -2.06. The zero-order valence-electron chi connectivity index (χ0n) is 31.1. The van der Waals surface area contributed by atoms with Crippen LogP contribution in [0.1, 0.15) is 129 Å². The number of carbonyl (C=O) groups is 6. The van der Waals surface area contributed by atoms with Gasteiger partial charge in [0.25, 0.3) is 0 Å². The molecule has 0 aromatic heterocycles. The molecule has 289 valence electrons. The summed E-state index contributed by atoms with van der Waals surface area (Å²) in [7, 11) is 6.26. The summed E-state index contributed by atoms with van der Waals surface area (Å²) in [6.45, 7) is 3.98. The number of nitrogens with zero attached hydrogens (tertiary/aromatic N) is 1. The minimum atomic E-state index is -1.11. The van der Waals surface area contributed by atoms with E-state index in [0.717, 1.165) is 51.4 Å². The standard InChI is InChI=1S/C16H30O3.C15H25N4O5.C4H7BNO.Y/c17-15-13-11-9-7-5-3-1-2-4-6-8-10-12-14-16(18)19;1-16-12(15(23)24)4-5-13(21)18-7-8-19(9-10-20)14(22)11-3-2-6-17-11;1-4(2,6)3(5)7;/h15H,1-14H2,(H,18,19);11-12,16-17H,2-9H2,1H3,(H,18,21)(H,23,24);6H,1-2H3;/q;2*-1;. The average Bonchev–Trinajstić information content (AvgIpc) is 3.60. The molecule has 1 rings (SSSR count). The van der Waals surface area contributed by atoms with Crippen molar-refractivity contribution >= 4 is 49.9 Å². The van der Waals surface area contributed by atoms with Gasteiger partial charge in [-0.1, -0.05) is 90.1 Å². The van der Waals surface area contributed by atoms with Crippen molar-refractivity contribution in [2.45, 2.75) is 147 Å². The topological polar surface area (TPSA) is 223 Å². The molecular formula is C35H62BN5O9Y-2. The third kappa shape index (κ3) is 33.5. The molecule has 14 nitrogen and oxygen atoms in total. The van der Waals surface area contributed by atoms with Gasteiger partial charge in [-0.3, -0.25) is 19.2 Å². The number of likely N-dealkylation sites (N-methyl/N-ethyl adjacent to an activating group) is 1. The Morgan fingerprint density at radius 2 is 1.47 bits per heavy atom. The Morgan fingerprint density at radius 1 is 0.961 bits per heavy atom. The number of carbonyl (C=O) groups excluding carboxylic acids is 5. The number of aldehydes is 1. The first-order chi connectivity index (χ1) is 23.7. The molecule has 0 aliphatic carbocycles. The van der Waals surface area contributed by atoms with E-state index < -0.39 is 29.2 Å². The molecule has 1 aliphatic heterocycles. The smallest absolute Gasteiger partial charge is 0.320 e. The van der Waals surface area contributed by atoms with Gasteiger partial charge in [-0.05, 0) is 45.7 Å². The van der Waals surface area contributed by atoms with Crippen LogP contribution < -0.4 is 16.0 Å². The summed E-state index contributed by atoms with van der Waals surface area (Å²) in [6, 6.07) is -1.05. The van der Waals surface area contributed by atoms with Crippen molar-refractivity contribution in [2.75, 3.05) is 33.2 Å². The van der Waals surface area contributed by atoms with Crippen LogP contribution in [0.25, 0.3) is 5.73 Å². The number of hydrogen-bond acceptors (Lipinski definition) is 9. The quantitative estimate of drug-likeness (QED) is 0.0350. The van der Waals surface area contributed by atoms with Gasteiger partial charge in [0.15, 0.2) is 7.85 Å². The Bertz CT molecular complexity index is 980. The predicted octanol–water partition coefficient (Wildman–Crippen LogP) is 3.49. The van der Waals surface area contributed by atoms with E-state index >= 15 is 0 Å². The van der Waals surface area contributed by atoms with Gasteiger partial charge in [0.2, 0.25) is 11.8 Å². The number of unbranched alkanes of at least 4 members (excludes halogenated alkanes) is 12. The van der Waals surface area contributed by atoms with Crippen molar-refractivity contribution in [3.63, 3.8) is 0 Å². The zero-order chi connectivity index (χ0) is 38.2. The second-order valence-electron chi connectivity index (χ2n) is 13.0. The molecule has 3 radical (unpaired) electrons. The number of nitrogens with one attached hydrogen (secondary N) is 4. The first-order valence-electron chi connectivity index (χ1n) is 17.9. The third-order valence-electron chi connectivity index (χ3n) is 8.01. The Balaban J connectivity index is -0.000000762. The molecule has 51 heavy (non-hydrogen) atoms. The van der Waals surface area contributed by atoms with Crippen LogP contribution in [0, 0.1) is 0 Å². The fourth-order valence-corrected chi connectivity index (χ4v) is 4.82. The van der Waals surface area contributed by atoms with Crippen molar-refractivity contribution in [3.05, 3.63) is 5.73 Å². The van der Waals surface area contributed by atoms with E-state index in [0.29, 0.717) is 6.42 Å². The van der Waals surface area contributed by atoms with Crippen molar-refractivity contribution in [3.8, 4) is 0 Å². The van der Waals surface area contributed by atoms with Crippen molar-refractivity contribution < 1.29 is 76.5 Å². The van der Waals surface area contributed by atoms with Gasteiger partial charge in [-0.25, -0.2) is 6.29 Å². The maximum Gasteiger partial charge on any atom is 0.320 e. The molecule has 0 bridgehead atoms. The molecule has 1 fully saturated rings. The maximum absolute atomic E-state index is 12.2. The molecule has 1 saturated heterocycles. The summed E-state index contributed by atoms with van der Waals surface area (Å²) in [5, 5.41) is 25.7. The van der Waals surface area contributed by atoms with Gasteiger partial charge in [0, 0.05) is 65.1 Å². The minimum absolute atomic E-state index is 0. The van der Waals surface area contributed by atoms with E-state index in [9.17, 15) is 33.6 Å². The van der Waals surface area contributed by atoms with Crippen LogP contribution in [0.2, 0.25) is 0 Å². The predicted molar refractivity (Wildman–Crippen MR) is 194 cm³/mol. The third-order valence-corrected chi connectivity index (χ3v) is 8.01. The molecule has 0 aromatic carbocycles. The summed E-state index contributed by atoms with van der Waals surface area (Å²) < 4.78 is 0. The molecular weight excluding hydrogens is 734 g/mol. The van der Waals surface area contributed by atoms with Gasteiger partial charge in [0.05, 0.1) is 11.7 Å². The van der Waals surface area contributed by atoms with E-state index in [1.807, 2.05) is 0 Å². The molecule has 2 amide bonds. The van der Waals surface area contributed by atoms with E-state index in [1.54, 1.807) is 6.29 Å². The van der Waals surface area contributed by atoms with Crippen molar-refractivity contribution in [2.24, 2.45) is 0 Å². The molecule has 1 aliphatic rings. The number of aliphatic carboxylic acids is 2. The largest absolute Gasteiger partial charge is 0.667 e. The summed E-state index contributed by atoms with van der Waals surface area (Å²) in [6.07, 6.45) is 20.0. The van der Waals surface area contributed by atoms with Gasteiger partial charge in [0.1, 0.15) is 12.3 Å². The van der Waals surface area contributed by atoms with Crippen LogP contribution in [0.5, 0.6) is 0 Å². The average molecular weight is 797 g/mol. The number of carboxylic acid groups (broad SMARTS) is 2. The van der Waals surface area contributed by atoms with E-state index in [4.69, 9.17) is 23.8 Å². The van der Waals surface area contributed by atoms with E-state index in [-0.39, 0.29) is 83.0 Å². The van der Waals surface area contributed by atoms with Crippen LogP contribution in [-0.4, -0.2) is 116 Å². The molecule has 0 saturated carbocycles. The molecule has 0 spiro atoms. The Morgan fingerprint density at radius 3 is 1.86 bits per heavy atom. The van der Waals surface area contributed by atoms with E-state index in [2.05, 4.69) is 16.0 Å². The normalized spacial score (nSPS) is 13.9. The number of rotatable bonds is 27. The van der Waals surface area contributed by atoms with Crippen LogP contribution in [0.3, 0.4) is 0 Å². The molecule has 1 heterocycles. The Labute approximate surface area is 331 Å². The number of hydrogen-bond donors (Lipinski definition) is 5. The van der Waals surface area contributed by atoms with Gasteiger partial charge in [-0.2, -0.15) is 0 Å². The fraction of sp³-hybridized carbons (Fsp3) is 0.800. The summed E-state index contributed by atoms with van der Waals surface area (Å²) in [4.78, 5) is 77.3. The number of carboxylic acids is 2. The second kappa shape index (κ2) is 35.0. The van der Waals surface area contributed by atoms with E-state index in [1.165, 1.54) is 83.6 Å². The SMILES string of the molecule is CNC(CCC(=O)NCCN(C[C-]=O)C(=O)C1CCCN1)C(=O)O.O=CCCCCCCCCCCCCCCC(=O)O.[B]C(=O)C(C)(C)[NH-].[Y]. The molecule has 2 unspecified atom stereocenters. The number of amides is 2. The fourth-order valence-electron chi connectivity index (χ4n) is 4.82. The van der Waals surface area contributed by atoms with Gasteiger partial charge >= 0.3 is 11.9 Å². The Kier molecular flexibility index (Phi) is 36.6. The van der Waals surface area contributed by atoms with Gasteiger partial charge < -0.3 is 51.2 Å². The first kappa shape index (κ1) is 53.3. The molecule has 0 aromatic rings. The summed E-state index contributed by atoms with van der Waals surface area (Å²) >= 11 is 0. The summed E-state index contributed by atoms with van der Waals surface area (Å²) in [5.41, 5.74) is 5.21. The molecule has 16 heteroatoms. The molecule has 2 atom stereocenters. The van der Waals surface area contributed by atoms with Crippen molar-refractivity contribution in [1.82, 2.24) is 20.9 Å². The maximum atomic E-state index is 12.2.